The Morgan fingerprint density at radius 1 is 1.10 bits per heavy atom. The molecule has 0 aliphatic rings. The minimum absolute atomic E-state index is 0.0691. The lowest BCUT2D eigenvalue weighted by molar-refractivity contribution is -0.0435. The Kier molecular flexibility index (Phi) is 2.55. The van der Waals surface area contributed by atoms with E-state index >= 15 is 0 Å². The number of fused-ring (bicyclic) bond motifs is 3. The Morgan fingerprint density at radius 2 is 1.80 bits per heavy atom. The van der Waals surface area contributed by atoms with E-state index < -0.39 is 20.2 Å². The number of rotatable bonds is 1. The summed E-state index contributed by atoms with van der Waals surface area (Å²) < 4.78 is 62.4. The SMILES string of the molecule is O=S(=O)(c1cnn2ccc3ccccc3c12)C(F)(F)F. The van der Waals surface area contributed by atoms with Gasteiger partial charge in [-0.1, -0.05) is 24.3 Å². The van der Waals surface area contributed by atoms with Crippen LogP contribution in [0.4, 0.5) is 13.2 Å². The van der Waals surface area contributed by atoms with E-state index in [0.29, 0.717) is 10.8 Å². The number of pyridine rings is 1. The quantitative estimate of drug-likeness (QED) is 0.694. The minimum Gasteiger partial charge on any atom is -0.239 e. The number of hydrogen-bond donors (Lipinski definition) is 0. The second kappa shape index (κ2) is 3.95. The molecule has 2 heterocycles. The van der Waals surface area contributed by atoms with E-state index in [0.717, 1.165) is 10.7 Å². The smallest absolute Gasteiger partial charge is 0.239 e. The van der Waals surface area contributed by atoms with E-state index in [-0.39, 0.29) is 5.52 Å². The summed E-state index contributed by atoms with van der Waals surface area (Å²) in [6.07, 6.45) is 2.15. The molecule has 0 amide bonds. The molecule has 0 aliphatic carbocycles. The van der Waals surface area contributed by atoms with Gasteiger partial charge in [-0.3, -0.25) is 0 Å². The second-order valence-corrected chi connectivity index (χ2v) is 6.06. The highest BCUT2D eigenvalue weighted by Crippen LogP contribution is 2.34. The summed E-state index contributed by atoms with van der Waals surface area (Å²) in [6.45, 7) is 0. The number of benzene rings is 1. The van der Waals surface area contributed by atoms with E-state index in [1.54, 1.807) is 30.3 Å². The van der Waals surface area contributed by atoms with Gasteiger partial charge in [0.1, 0.15) is 4.90 Å². The lowest BCUT2D eigenvalue weighted by Crippen LogP contribution is -2.23. The van der Waals surface area contributed by atoms with Crippen molar-refractivity contribution in [2.24, 2.45) is 0 Å². The molecule has 20 heavy (non-hydrogen) atoms. The van der Waals surface area contributed by atoms with Crippen LogP contribution in [-0.2, 0) is 9.84 Å². The number of nitrogens with zero attached hydrogens (tertiary/aromatic N) is 2. The average Bonchev–Trinajstić information content (AvgIpc) is 2.82. The van der Waals surface area contributed by atoms with Gasteiger partial charge in [0.25, 0.3) is 9.84 Å². The zero-order valence-corrected chi connectivity index (χ0v) is 10.6. The molecular formula is C12H7F3N2O2S. The van der Waals surface area contributed by atoms with Crippen molar-refractivity contribution < 1.29 is 21.6 Å². The van der Waals surface area contributed by atoms with E-state index in [1.165, 1.54) is 6.20 Å². The Morgan fingerprint density at radius 3 is 2.50 bits per heavy atom. The molecule has 0 unspecified atom stereocenters. The molecule has 0 saturated carbocycles. The number of sulfone groups is 1. The van der Waals surface area contributed by atoms with Crippen molar-refractivity contribution in [3.63, 3.8) is 0 Å². The largest absolute Gasteiger partial charge is 0.502 e. The molecule has 104 valence electrons. The van der Waals surface area contributed by atoms with Crippen molar-refractivity contribution in [3.8, 4) is 0 Å². The molecule has 0 bridgehead atoms. The molecule has 3 rings (SSSR count). The van der Waals surface area contributed by atoms with Crippen LogP contribution in [0.3, 0.4) is 0 Å². The summed E-state index contributed by atoms with van der Waals surface area (Å²) in [5.74, 6) is 0. The van der Waals surface area contributed by atoms with Crippen LogP contribution in [0.5, 0.6) is 0 Å². The maximum Gasteiger partial charge on any atom is 0.502 e. The number of hydrogen-bond acceptors (Lipinski definition) is 3. The number of halogens is 3. The van der Waals surface area contributed by atoms with E-state index in [1.807, 2.05) is 0 Å². The van der Waals surface area contributed by atoms with Crippen molar-refractivity contribution in [2.75, 3.05) is 0 Å². The van der Waals surface area contributed by atoms with Gasteiger partial charge in [0.2, 0.25) is 0 Å². The zero-order valence-electron chi connectivity index (χ0n) is 9.79. The zero-order chi connectivity index (χ0) is 14.5. The van der Waals surface area contributed by atoms with Gasteiger partial charge in [0.15, 0.2) is 0 Å². The maximum atomic E-state index is 12.7. The van der Waals surface area contributed by atoms with Crippen LogP contribution in [0.2, 0.25) is 0 Å². The van der Waals surface area contributed by atoms with Crippen molar-refractivity contribution in [2.45, 2.75) is 10.4 Å². The van der Waals surface area contributed by atoms with Crippen molar-refractivity contribution >= 4 is 26.1 Å². The standard InChI is InChI=1S/C12H7F3N2O2S/c13-12(14,15)20(18,19)10-7-16-17-6-5-8-3-1-2-4-9(8)11(10)17/h1-7H. The summed E-state index contributed by atoms with van der Waals surface area (Å²) in [6, 6.07) is 8.24. The predicted molar refractivity (Wildman–Crippen MR) is 65.9 cm³/mol. The first-order valence-electron chi connectivity index (χ1n) is 5.49. The second-order valence-electron chi connectivity index (χ2n) is 4.15. The Balaban J connectivity index is 2.48. The molecule has 0 aliphatic heterocycles. The molecule has 0 atom stereocenters. The van der Waals surface area contributed by atoms with Crippen LogP contribution in [-0.4, -0.2) is 23.5 Å². The third-order valence-corrected chi connectivity index (χ3v) is 4.45. The monoisotopic (exact) mass is 300 g/mol. The molecule has 0 saturated heterocycles. The Bertz CT molecular complexity index is 913. The first-order valence-corrected chi connectivity index (χ1v) is 6.97. The van der Waals surface area contributed by atoms with Crippen LogP contribution in [0, 0.1) is 0 Å². The van der Waals surface area contributed by atoms with Gasteiger partial charge < -0.3 is 0 Å². The van der Waals surface area contributed by atoms with Gasteiger partial charge >= 0.3 is 5.51 Å². The predicted octanol–water partition coefficient (Wildman–Crippen LogP) is 2.78. The van der Waals surface area contributed by atoms with Gasteiger partial charge in [0, 0.05) is 11.6 Å². The lowest BCUT2D eigenvalue weighted by Gasteiger charge is -2.07. The molecule has 4 nitrogen and oxygen atoms in total. The fraction of sp³-hybridized carbons (Fsp3) is 0.0833. The fourth-order valence-corrected chi connectivity index (χ4v) is 2.94. The van der Waals surface area contributed by atoms with Gasteiger partial charge in [-0.2, -0.15) is 18.3 Å². The fourth-order valence-electron chi connectivity index (χ4n) is 2.05. The highest BCUT2D eigenvalue weighted by atomic mass is 32.2. The minimum atomic E-state index is -5.43. The normalized spacial score (nSPS) is 13.2. The van der Waals surface area contributed by atoms with Gasteiger partial charge in [0.05, 0.1) is 11.7 Å². The van der Waals surface area contributed by atoms with Crippen molar-refractivity contribution in [1.29, 1.82) is 0 Å². The van der Waals surface area contributed by atoms with Gasteiger partial charge in [-0.15, -0.1) is 0 Å². The first kappa shape index (κ1) is 12.9. The molecule has 0 N–H and O–H groups in total. The first-order chi connectivity index (χ1) is 9.32. The van der Waals surface area contributed by atoms with Crippen molar-refractivity contribution in [1.82, 2.24) is 9.61 Å². The van der Waals surface area contributed by atoms with Crippen LogP contribution in [0.25, 0.3) is 16.3 Å². The summed E-state index contributed by atoms with van der Waals surface area (Å²) in [4.78, 5) is -0.832. The molecule has 0 fully saturated rings. The molecule has 2 aromatic heterocycles. The number of aromatic nitrogens is 2. The van der Waals surface area contributed by atoms with E-state index in [2.05, 4.69) is 5.10 Å². The van der Waals surface area contributed by atoms with E-state index in [9.17, 15) is 21.6 Å². The topological polar surface area (TPSA) is 51.4 Å². The van der Waals surface area contributed by atoms with Gasteiger partial charge in [-0.25, -0.2) is 12.9 Å². The molecular weight excluding hydrogens is 293 g/mol. The summed E-state index contributed by atoms with van der Waals surface area (Å²) >= 11 is 0. The average molecular weight is 300 g/mol. The van der Waals surface area contributed by atoms with Crippen LogP contribution < -0.4 is 0 Å². The van der Waals surface area contributed by atoms with Gasteiger partial charge in [-0.05, 0) is 11.5 Å². The Labute approximate surface area is 111 Å². The van der Waals surface area contributed by atoms with Crippen LogP contribution in [0.1, 0.15) is 0 Å². The summed E-state index contributed by atoms with van der Waals surface area (Å²) in [5.41, 5.74) is -5.42. The molecule has 8 heteroatoms. The number of alkyl halides is 3. The Hall–Kier alpha value is -2.09. The van der Waals surface area contributed by atoms with Crippen LogP contribution >= 0.6 is 0 Å². The summed E-state index contributed by atoms with van der Waals surface area (Å²) in [5, 5.41) is 4.72. The highest BCUT2D eigenvalue weighted by Gasteiger charge is 2.48. The molecule has 1 aromatic carbocycles. The summed E-state index contributed by atoms with van der Waals surface area (Å²) in [7, 11) is -5.43. The maximum absolute atomic E-state index is 12.7. The third kappa shape index (κ3) is 1.68. The van der Waals surface area contributed by atoms with Crippen LogP contribution in [0.15, 0.2) is 47.6 Å². The molecule has 0 radical (unpaired) electrons. The molecule has 0 spiro atoms. The van der Waals surface area contributed by atoms with E-state index in [4.69, 9.17) is 0 Å². The van der Waals surface area contributed by atoms with Crippen molar-refractivity contribution in [3.05, 3.63) is 42.7 Å². The lowest BCUT2D eigenvalue weighted by atomic mass is 10.1. The third-order valence-electron chi connectivity index (χ3n) is 2.97. The molecule has 3 aromatic rings. The highest BCUT2D eigenvalue weighted by molar-refractivity contribution is 7.92.